The lowest BCUT2D eigenvalue weighted by molar-refractivity contribution is 0.830. The molecule has 0 aliphatic heterocycles. The molecule has 2 aromatic heterocycles. The standard InChI is InChI=1S/C28H27N5/c1-20-10-8-14-25(16-20)32-22(3)18-27(29-32)31(24-12-6-5-7-13-24)28-19-23(4)33(30-28)26-15-9-11-21(2)17-26/h5-19H,1-4H3. The highest BCUT2D eigenvalue weighted by atomic mass is 15.4. The Morgan fingerprint density at radius 2 is 1.03 bits per heavy atom. The molecular formula is C28H27N5. The molecular weight excluding hydrogens is 406 g/mol. The van der Waals surface area contributed by atoms with Crippen molar-refractivity contribution in [1.29, 1.82) is 0 Å². The second-order valence-electron chi connectivity index (χ2n) is 8.46. The number of rotatable bonds is 5. The maximum Gasteiger partial charge on any atom is 0.161 e. The van der Waals surface area contributed by atoms with Gasteiger partial charge in [-0.1, -0.05) is 42.5 Å². The Morgan fingerprint density at radius 1 is 0.545 bits per heavy atom. The summed E-state index contributed by atoms with van der Waals surface area (Å²) in [6.45, 7) is 8.36. The lowest BCUT2D eigenvalue weighted by atomic mass is 10.2. The minimum absolute atomic E-state index is 0.828. The van der Waals surface area contributed by atoms with Gasteiger partial charge in [0.2, 0.25) is 0 Å². The Kier molecular flexibility index (Phi) is 5.31. The summed E-state index contributed by atoms with van der Waals surface area (Å²) in [5, 5.41) is 9.99. The van der Waals surface area contributed by atoms with Crippen molar-refractivity contribution in [3.8, 4) is 11.4 Å². The van der Waals surface area contributed by atoms with Crippen LogP contribution in [0.5, 0.6) is 0 Å². The van der Waals surface area contributed by atoms with Crippen LogP contribution in [0.3, 0.4) is 0 Å². The van der Waals surface area contributed by atoms with Gasteiger partial charge >= 0.3 is 0 Å². The van der Waals surface area contributed by atoms with Gasteiger partial charge < -0.3 is 0 Å². The molecule has 164 valence electrons. The van der Waals surface area contributed by atoms with Gasteiger partial charge in [-0.25, -0.2) is 9.36 Å². The maximum absolute atomic E-state index is 4.99. The van der Waals surface area contributed by atoms with Gasteiger partial charge in [0.05, 0.1) is 11.4 Å². The fraction of sp³-hybridized carbons (Fsp3) is 0.143. The number of nitrogens with zero attached hydrogens (tertiary/aromatic N) is 5. The molecule has 5 rings (SSSR count). The summed E-state index contributed by atoms with van der Waals surface area (Å²) >= 11 is 0. The topological polar surface area (TPSA) is 38.9 Å². The quantitative estimate of drug-likeness (QED) is 0.307. The first-order valence-electron chi connectivity index (χ1n) is 11.1. The van der Waals surface area contributed by atoms with Gasteiger partial charge in [-0.2, -0.15) is 0 Å². The van der Waals surface area contributed by atoms with Crippen molar-refractivity contribution in [2.75, 3.05) is 4.90 Å². The minimum atomic E-state index is 0.828. The highest BCUT2D eigenvalue weighted by Crippen LogP contribution is 2.34. The zero-order chi connectivity index (χ0) is 22.9. The molecule has 5 heteroatoms. The summed E-state index contributed by atoms with van der Waals surface area (Å²) in [7, 11) is 0. The molecule has 0 N–H and O–H groups in total. The largest absolute Gasteiger partial charge is 0.276 e. The van der Waals surface area contributed by atoms with Crippen LogP contribution in [-0.2, 0) is 0 Å². The SMILES string of the molecule is Cc1cccc(-n2nc(N(c3ccccc3)c3cc(C)n(-c4cccc(C)c4)n3)cc2C)c1. The molecule has 0 radical (unpaired) electrons. The van der Waals surface area contributed by atoms with Crippen LogP contribution < -0.4 is 4.90 Å². The van der Waals surface area contributed by atoms with Gasteiger partial charge in [0.1, 0.15) is 0 Å². The van der Waals surface area contributed by atoms with Crippen LogP contribution in [0, 0.1) is 27.7 Å². The molecule has 0 unspecified atom stereocenters. The molecule has 2 heterocycles. The van der Waals surface area contributed by atoms with Gasteiger partial charge in [0.25, 0.3) is 0 Å². The first kappa shape index (κ1) is 20.8. The predicted molar refractivity (Wildman–Crippen MR) is 134 cm³/mol. The lowest BCUT2D eigenvalue weighted by Crippen LogP contribution is -2.12. The minimum Gasteiger partial charge on any atom is -0.276 e. The van der Waals surface area contributed by atoms with Gasteiger partial charge in [0.15, 0.2) is 11.6 Å². The molecule has 5 aromatic rings. The first-order valence-corrected chi connectivity index (χ1v) is 11.1. The fourth-order valence-electron chi connectivity index (χ4n) is 4.14. The summed E-state index contributed by atoms with van der Waals surface area (Å²) in [4.78, 5) is 2.11. The van der Waals surface area contributed by atoms with Crippen molar-refractivity contribution in [1.82, 2.24) is 19.6 Å². The summed E-state index contributed by atoms with van der Waals surface area (Å²) in [5.41, 5.74) is 7.65. The molecule has 33 heavy (non-hydrogen) atoms. The van der Waals surface area contributed by atoms with Gasteiger partial charge in [-0.05, 0) is 75.2 Å². The second-order valence-corrected chi connectivity index (χ2v) is 8.46. The smallest absolute Gasteiger partial charge is 0.161 e. The molecule has 0 saturated heterocycles. The van der Waals surface area contributed by atoms with E-state index < -0.39 is 0 Å². The molecule has 5 nitrogen and oxygen atoms in total. The molecule has 0 bridgehead atoms. The van der Waals surface area contributed by atoms with E-state index in [2.05, 4.69) is 105 Å². The Morgan fingerprint density at radius 3 is 1.48 bits per heavy atom. The van der Waals surface area contributed by atoms with Crippen LogP contribution in [0.25, 0.3) is 11.4 Å². The van der Waals surface area contributed by atoms with E-state index >= 15 is 0 Å². The summed E-state index contributed by atoms with van der Waals surface area (Å²) < 4.78 is 3.98. The van der Waals surface area contributed by atoms with E-state index in [0.717, 1.165) is 40.1 Å². The van der Waals surface area contributed by atoms with Crippen molar-refractivity contribution >= 4 is 17.3 Å². The van der Waals surface area contributed by atoms with Crippen LogP contribution in [0.15, 0.2) is 91.0 Å². The molecule has 0 aliphatic rings. The Hall–Kier alpha value is -4.12. The number of hydrogen-bond donors (Lipinski definition) is 0. The average molecular weight is 434 g/mol. The molecule has 0 spiro atoms. The fourth-order valence-corrected chi connectivity index (χ4v) is 4.14. The van der Waals surface area contributed by atoms with Crippen LogP contribution >= 0.6 is 0 Å². The van der Waals surface area contributed by atoms with Gasteiger partial charge in [-0.3, -0.25) is 4.90 Å². The van der Waals surface area contributed by atoms with E-state index in [0.29, 0.717) is 0 Å². The van der Waals surface area contributed by atoms with E-state index in [1.54, 1.807) is 0 Å². The molecule has 0 aliphatic carbocycles. The first-order chi connectivity index (χ1) is 16.0. The van der Waals surface area contributed by atoms with Crippen LogP contribution in [-0.4, -0.2) is 19.6 Å². The third kappa shape index (κ3) is 4.05. The van der Waals surface area contributed by atoms with Crippen molar-refractivity contribution in [2.45, 2.75) is 27.7 Å². The van der Waals surface area contributed by atoms with Crippen molar-refractivity contribution in [2.24, 2.45) is 0 Å². The molecule has 0 saturated carbocycles. The summed E-state index contributed by atoms with van der Waals surface area (Å²) in [6, 6.07) is 31.3. The average Bonchev–Trinajstić information content (AvgIpc) is 3.37. The third-order valence-corrected chi connectivity index (χ3v) is 5.71. The van der Waals surface area contributed by atoms with E-state index in [1.165, 1.54) is 11.1 Å². The van der Waals surface area contributed by atoms with E-state index in [4.69, 9.17) is 10.2 Å². The number of hydrogen-bond acceptors (Lipinski definition) is 3. The number of aromatic nitrogens is 4. The number of aryl methyl sites for hydroxylation is 4. The van der Waals surface area contributed by atoms with Gasteiger partial charge in [-0.15, -0.1) is 10.2 Å². The molecule has 3 aromatic carbocycles. The maximum atomic E-state index is 4.99. The monoisotopic (exact) mass is 433 g/mol. The Balaban J connectivity index is 1.64. The Bertz CT molecular complexity index is 1320. The van der Waals surface area contributed by atoms with Crippen molar-refractivity contribution in [3.05, 3.63) is 114 Å². The summed E-state index contributed by atoms with van der Waals surface area (Å²) in [5.74, 6) is 1.66. The number of anilines is 3. The van der Waals surface area contributed by atoms with E-state index in [9.17, 15) is 0 Å². The third-order valence-electron chi connectivity index (χ3n) is 5.71. The summed E-state index contributed by atoms with van der Waals surface area (Å²) in [6.07, 6.45) is 0. The highest BCUT2D eigenvalue weighted by Gasteiger charge is 2.21. The highest BCUT2D eigenvalue weighted by molar-refractivity contribution is 5.72. The van der Waals surface area contributed by atoms with Crippen molar-refractivity contribution in [3.63, 3.8) is 0 Å². The number of para-hydroxylation sites is 1. The van der Waals surface area contributed by atoms with Crippen LogP contribution in [0.2, 0.25) is 0 Å². The number of benzene rings is 3. The van der Waals surface area contributed by atoms with Crippen molar-refractivity contribution < 1.29 is 0 Å². The van der Waals surface area contributed by atoms with Crippen LogP contribution in [0.1, 0.15) is 22.5 Å². The van der Waals surface area contributed by atoms with Crippen LogP contribution in [0.4, 0.5) is 17.3 Å². The Labute approximate surface area is 194 Å². The second kappa shape index (κ2) is 8.43. The molecule has 0 atom stereocenters. The molecule has 0 fully saturated rings. The van der Waals surface area contributed by atoms with Gasteiger partial charge in [0, 0.05) is 29.2 Å². The lowest BCUT2D eigenvalue weighted by Gasteiger charge is -2.19. The molecule has 0 amide bonds. The van der Waals surface area contributed by atoms with E-state index in [-0.39, 0.29) is 0 Å². The predicted octanol–water partition coefficient (Wildman–Crippen LogP) is 6.76. The normalized spacial score (nSPS) is 11.0. The zero-order valence-corrected chi connectivity index (χ0v) is 19.4. The van der Waals surface area contributed by atoms with E-state index in [1.807, 2.05) is 27.6 Å². The zero-order valence-electron chi connectivity index (χ0n) is 19.4.